The number of nitrogens with two attached hydrogens (primary N) is 1. The van der Waals surface area contributed by atoms with Gasteiger partial charge in [0.15, 0.2) is 0 Å². The van der Waals surface area contributed by atoms with Crippen LogP contribution in [0.25, 0.3) is 6.08 Å². The third-order valence-electron chi connectivity index (χ3n) is 3.43. The van der Waals surface area contributed by atoms with Gasteiger partial charge < -0.3 is 5.73 Å². The minimum absolute atomic E-state index is 0.917. The maximum absolute atomic E-state index is 6.17. The standard InChI is InChI=1S/C16H21N/c1-3-7-12-11-16(17)15-10-6-5-9-14(15)13(12)8-4-2/h3,5,9,11H,1,4,6-8,10,17H2,2H3. The highest BCUT2D eigenvalue weighted by atomic mass is 14.6. The first-order chi connectivity index (χ1) is 8.27. The first kappa shape index (κ1) is 12.0. The molecule has 2 rings (SSSR count). The smallest absolute Gasteiger partial charge is 0.0355 e. The molecule has 0 heterocycles. The molecule has 0 aromatic heterocycles. The summed E-state index contributed by atoms with van der Waals surface area (Å²) in [5, 5.41) is 0. The van der Waals surface area contributed by atoms with Crippen LogP contribution in [0.15, 0.2) is 24.8 Å². The molecule has 0 atom stereocenters. The van der Waals surface area contributed by atoms with E-state index in [4.69, 9.17) is 5.73 Å². The van der Waals surface area contributed by atoms with Crippen LogP contribution in [-0.2, 0) is 19.3 Å². The van der Waals surface area contributed by atoms with Gasteiger partial charge in [-0.25, -0.2) is 0 Å². The molecule has 2 N–H and O–H groups in total. The van der Waals surface area contributed by atoms with Crippen molar-refractivity contribution in [1.29, 1.82) is 0 Å². The van der Waals surface area contributed by atoms with Gasteiger partial charge in [-0.15, -0.1) is 6.58 Å². The van der Waals surface area contributed by atoms with Crippen molar-refractivity contribution in [1.82, 2.24) is 0 Å². The van der Waals surface area contributed by atoms with Crippen molar-refractivity contribution in [3.8, 4) is 0 Å². The average Bonchev–Trinajstić information content (AvgIpc) is 2.34. The number of benzene rings is 1. The topological polar surface area (TPSA) is 26.0 Å². The van der Waals surface area contributed by atoms with Crippen LogP contribution < -0.4 is 5.73 Å². The molecule has 90 valence electrons. The minimum atomic E-state index is 0.917. The Morgan fingerprint density at radius 2 is 2.29 bits per heavy atom. The highest BCUT2D eigenvalue weighted by Gasteiger charge is 2.15. The lowest BCUT2D eigenvalue weighted by molar-refractivity contribution is 0.889. The Bertz CT molecular complexity index is 455. The molecule has 0 radical (unpaired) electrons. The molecule has 0 saturated carbocycles. The largest absolute Gasteiger partial charge is 0.398 e. The van der Waals surface area contributed by atoms with Crippen molar-refractivity contribution in [3.63, 3.8) is 0 Å². The highest BCUT2D eigenvalue weighted by molar-refractivity contribution is 5.70. The fraction of sp³-hybridized carbons (Fsp3) is 0.375. The molecule has 1 aromatic rings. The molecule has 0 spiro atoms. The van der Waals surface area contributed by atoms with Crippen LogP contribution in [0, 0.1) is 0 Å². The highest BCUT2D eigenvalue weighted by Crippen LogP contribution is 2.32. The van der Waals surface area contributed by atoms with E-state index in [2.05, 4.69) is 31.7 Å². The van der Waals surface area contributed by atoms with Crippen molar-refractivity contribution in [2.75, 3.05) is 5.73 Å². The Balaban J connectivity index is 2.58. The molecular formula is C16H21N. The Morgan fingerprint density at radius 1 is 1.47 bits per heavy atom. The zero-order chi connectivity index (χ0) is 12.3. The van der Waals surface area contributed by atoms with Gasteiger partial charge in [0.25, 0.3) is 0 Å². The van der Waals surface area contributed by atoms with Crippen LogP contribution >= 0.6 is 0 Å². The summed E-state index contributed by atoms with van der Waals surface area (Å²) in [6, 6.07) is 2.16. The molecule has 17 heavy (non-hydrogen) atoms. The second-order valence-electron chi connectivity index (χ2n) is 4.68. The number of hydrogen-bond donors (Lipinski definition) is 1. The van der Waals surface area contributed by atoms with Crippen molar-refractivity contribution >= 4 is 11.8 Å². The van der Waals surface area contributed by atoms with Gasteiger partial charge in [0.1, 0.15) is 0 Å². The molecule has 0 saturated heterocycles. The summed E-state index contributed by atoms with van der Waals surface area (Å²) in [6.07, 6.45) is 11.9. The number of hydrogen-bond acceptors (Lipinski definition) is 1. The van der Waals surface area contributed by atoms with E-state index in [0.29, 0.717) is 0 Å². The lowest BCUT2D eigenvalue weighted by Crippen LogP contribution is -2.07. The fourth-order valence-corrected chi connectivity index (χ4v) is 2.66. The quantitative estimate of drug-likeness (QED) is 0.612. The molecule has 0 bridgehead atoms. The third kappa shape index (κ3) is 2.28. The molecule has 0 unspecified atom stereocenters. The number of anilines is 1. The Hall–Kier alpha value is -1.50. The summed E-state index contributed by atoms with van der Waals surface area (Å²) in [4.78, 5) is 0. The number of allylic oxidation sites excluding steroid dienone is 2. The molecule has 1 aliphatic carbocycles. The fourth-order valence-electron chi connectivity index (χ4n) is 2.66. The molecule has 0 amide bonds. The van der Waals surface area contributed by atoms with Crippen LogP contribution in [0.1, 0.15) is 42.0 Å². The van der Waals surface area contributed by atoms with Gasteiger partial charge >= 0.3 is 0 Å². The molecule has 1 aromatic carbocycles. The van der Waals surface area contributed by atoms with Gasteiger partial charge in [0, 0.05) is 5.69 Å². The van der Waals surface area contributed by atoms with E-state index in [-0.39, 0.29) is 0 Å². The van der Waals surface area contributed by atoms with Gasteiger partial charge in [-0.2, -0.15) is 0 Å². The number of fused-ring (bicyclic) bond motifs is 1. The molecule has 1 nitrogen and oxygen atoms in total. The van der Waals surface area contributed by atoms with Crippen molar-refractivity contribution < 1.29 is 0 Å². The first-order valence-corrected chi connectivity index (χ1v) is 6.48. The third-order valence-corrected chi connectivity index (χ3v) is 3.43. The lowest BCUT2D eigenvalue weighted by atomic mass is 9.86. The minimum Gasteiger partial charge on any atom is -0.398 e. The van der Waals surface area contributed by atoms with E-state index in [0.717, 1.165) is 31.4 Å². The lowest BCUT2D eigenvalue weighted by Gasteiger charge is -2.20. The van der Waals surface area contributed by atoms with Crippen molar-refractivity contribution in [2.24, 2.45) is 0 Å². The van der Waals surface area contributed by atoms with E-state index in [1.807, 2.05) is 6.08 Å². The summed E-state index contributed by atoms with van der Waals surface area (Å²) < 4.78 is 0. The van der Waals surface area contributed by atoms with Crippen molar-refractivity contribution in [3.05, 3.63) is 47.1 Å². The van der Waals surface area contributed by atoms with E-state index >= 15 is 0 Å². The van der Waals surface area contributed by atoms with Crippen LogP contribution in [0.3, 0.4) is 0 Å². The SMILES string of the molecule is C=CCc1cc(N)c2c(c1CCC)C=CCC2. The van der Waals surface area contributed by atoms with Crippen LogP contribution in [-0.4, -0.2) is 0 Å². The molecule has 1 heteroatoms. The predicted molar refractivity (Wildman–Crippen MR) is 76.1 cm³/mol. The Labute approximate surface area is 104 Å². The summed E-state index contributed by atoms with van der Waals surface area (Å²) in [7, 11) is 0. The van der Waals surface area contributed by atoms with Crippen LogP contribution in [0.2, 0.25) is 0 Å². The Kier molecular flexibility index (Phi) is 3.68. The molecule has 0 fully saturated rings. The van der Waals surface area contributed by atoms with Gasteiger partial charge in [-0.3, -0.25) is 0 Å². The van der Waals surface area contributed by atoms with E-state index in [1.165, 1.54) is 28.7 Å². The van der Waals surface area contributed by atoms with Gasteiger partial charge in [-0.05, 0) is 54.0 Å². The van der Waals surface area contributed by atoms with Crippen LogP contribution in [0.4, 0.5) is 5.69 Å². The molecular weight excluding hydrogens is 206 g/mol. The molecule has 0 aliphatic heterocycles. The normalized spacial score (nSPS) is 13.5. The van der Waals surface area contributed by atoms with Crippen LogP contribution in [0.5, 0.6) is 0 Å². The summed E-state index contributed by atoms with van der Waals surface area (Å²) in [5.41, 5.74) is 12.7. The maximum Gasteiger partial charge on any atom is 0.0355 e. The van der Waals surface area contributed by atoms with Gasteiger partial charge in [-0.1, -0.05) is 31.6 Å². The average molecular weight is 227 g/mol. The zero-order valence-electron chi connectivity index (χ0n) is 10.6. The first-order valence-electron chi connectivity index (χ1n) is 6.48. The zero-order valence-corrected chi connectivity index (χ0v) is 10.6. The Morgan fingerprint density at radius 3 is 3.00 bits per heavy atom. The summed E-state index contributed by atoms with van der Waals surface area (Å²) in [6.45, 7) is 6.07. The number of nitrogen functional groups attached to an aromatic ring is 1. The summed E-state index contributed by atoms with van der Waals surface area (Å²) in [5.74, 6) is 0. The predicted octanol–water partition coefficient (Wildman–Crippen LogP) is 3.91. The maximum atomic E-state index is 6.17. The number of rotatable bonds is 4. The van der Waals surface area contributed by atoms with E-state index in [1.54, 1.807) is 0 Å². The van der Waals surface area contributed by atoms with Gasteiger partial charge in [0.2, 0.25) is 0 Å². The molecule has 1 aliphatic rings. The second kappa shape index (κ2) is 5.22. The summed E-state index contributed by atoms with van der Waals surface area (Å²) >= 11 is 0. The van der Waals surface area contributed by atoms with Gasteiger partial charge in [0.05, 0.1) is 0 Å². The van der Waals surface area contributed by atoms with E-state index < -0.39 is 0 Å². The van der Waals surface area contributed by atoms with Crippen molar-refractivity contribution in [2.45, 2.75) is 39.0 Å². The van der Waals surface area contributed by atoms with E-state index in [9.17, 15) is 0 Å². The monoisotopic (exact) mass is 227 g/mol. The second-order valence-corrected chi connectivity index (χ2v) is 4.68.